The smallest absolute Gasteiger partial charge is 0.211 e. The number of pyridine rings is 1. The standard InChI is InChI=1S/C11H16N4O/c16-9-14-10-6-11(8-13-7-10)15-4-1-2-12-3-5-15/h6-9,12H,1-5H2,(H,14,16). The molecule has 1 fully saturated rings. The van der Waals surface area contributed by atoms with E-state index in [0.717, 1.165) is 44.0 Å². The van der Waals surface area contributed by atoms with Gasteiger partial charge in [0.15, 0.2) is 0 Å². The maximum Gasteiger partial charge on any atom is 0.211 e. The first kappa shape index (κ1) is 10.9. The summed E-state index contributed by atoms with van der Waals surface area (Å²) in [4.78, 5) is 16.8. The number of nitrogens with zero attached hydrogens (tertiary/aromatic N) is 2. The molecule has 86 valence electrons. The summed E-state index contributed by atoms with van der Waals surface area (Å²) in [6.45, 7) is 4.06. The first-order chi connectivity index (χ1) is 7.90. The van der Waals surface area contributed by atoms with E-state index in [1.165, 1.54) is 0 Å². The summed E-state index contributed by atoms with van der Waals surface area (Å²) in [6.07, 6.45) is 5.28. The minimum atomic E-state index is 0.671. The van der Waals surface area contributed by atoms with Gasteiger partial charge in [-0.15, -0.1) is 0 Å². The van der Waals surface area contributed by atoms with Crippen LogP contribution in [0.2, 0.25) is 0 Å². The van der Waals surface area contributed by atoms with E-state index >= 15 is 0 Å². The Labute approximate surface area is 94.9 Å². The summed E-state index contributed by atoms with van der Waals surface area (Å²) in [5, 5.41) is 5.97. The zero-order valence-corrected chi connectivity index (χ0v) is 9.15. The molecule has 1 aliphatic rings. The van der Waals surface area contributed by atoms with Crippen molar-refractivity contribution in [3.05, 3.63) is 18.5 Å². The van der Waals surface area contributed by atoms with Gasteiger partial charge in [-0.05, 0) is 19.0 Å². The van der Waals surface area contributed by atoms with Crippen molar-refractivity contribution in [1.82, 2.24) is 10.3 Å². The molecule has 5 nitrogen and oxygen atoms in total. The molecule has 1 aromatic heterocycles. The molecule has 1 aromatic rings. The Morgan fingerprint density at radius 1 is 1.38 bits per heavy atom. The van der Waals surface area contributed by atoms with Crippen molar-refractivity contribution in [3.8, 4) is 0 Å². The second kappa shape index (κ2) is 5.46. The quantitative estimate of drug-likeness (QED) is 0.726. The number of amides is 1. The highest BCUT2D eigenvalue weighted by Gasteiger charge is 2.09. The van der Waals surface area contributed by atoms with E-state index in [9.17, 15) is 4.79 Å². The molecule has 0 spiro atoms. The number of carbonyl (C=O) groups excluding carboxylic acids is 1. The Morgan fingerprint density at radius 2 is 2.31 bits per heavy atom. The molecule has 16 heavy (non-hydrogen) atoms. The molecular formula is C11H16N4O. The number of nitrogens with one attached hydrogen (secondary N) is 2. The van der Waals surface area contributed by atoms with Gasteiger partial charge in [-0.3, -0.25) is 9.78 Å². The zero-order chi connectivity index (χ0) is 11.2. The third-order valence-electron chi connectivity index (χ3n) is 2.65. The van der Waals surface area contributed by atoms with Crippen LogP contribution < -0.4 is 15.5 Å². The van der Waals surface area contributed by atoms with E-state index in [0.29, 0.717) is 6.41 Å². The van der Waals surface area contributed by atoms with Crippen molar-refractivity contribution in [2.45, 2.75) is 6.42 Å². The fourth-order valence-corrected chi connectivity index (χ4v) is 1.85. The third-order valence-corrected chi connectivity index (χ3v) is 2.65. The molecule has 0 unspecified atom stereocenters. The first-order valence-electron chi connectivity index (χ1n) is 5.51. The van der Waals surface area contributed by atoms with Gasteiger partial charge in [-0.1, -0.05) is 0 Å². The second-order valence-corrected chi connectivity index (χ2v) is 3.78. The number of hydrogen-bond donors (Lipinski definition) is 2. The van der Waals surface area contributed by atoms with E-state index < -0.39 is 0 Å². The largest absolute Gasteiger partial charge is 0.369 e. The van der Waals surface area contributed by atoms with E-state index in [-0.39, 0.29) is 0 Å². The topological polar surface area (TPSA) is 57.3 Å². The molecule has 0 radical (unpaired) electrons. The molecule has 0 atom stereocenters. The lowest BCUT2D eigenvalue weighted by Crippen LogP contribution is -2.27. The summed E-state index contributed by atoms with van der Waals surface area (Å²) in [5.74, 6) is 0. The van der Waals surface area contributed by atoms with E-state index in [1.54, 1.807) is 6.20 Å². The van der Waals surface area contributed by atoms with Gasteiger partial charge in [-0.2, -0.15) is 0 Å². The number of aromatic nitrogens is 1. The fraction of sp³-hybridized carbons (Fsp3) is 0.455. The van der Waals surface area contributed by atoms with Crippen LogP contribution >= 0.6 is 0 Å². The van der Waals surface area contributed by atoms with Crippen molar-refractivity contribution in [2.75, 3.05) is 36.4 Å². The Morgan fingerprint density at radius 3 is 3.19 bits per heavy atom. The molecule has 0 bridgehead atoms. The first-order valence-corrected chi connectivity index (χ1v) is 5.51. The summed E-state index contributed by atoms with van der Waals surface area (Å²) in [7, 11) is 0. The van der Waals surface area contributed by atoms with Crippen LogP contribution in [0.5, 0.6) is 0 Å². The van der Waals surface area contributed by atoms with Crippen LogP contribution in [0.3, 0.4) is 0 Å². The van der Waals surface area contributed by atoms with Crippen molar-refractivity contribution in [3.63, 3.8) is 0 Å². The molecule has 5 heteroatoms. The average Bonchev–Trinajstić information content (AvgIpc) is 2.58. The number of rotatable bonds is 3. The molecule has 0 aliphatic carbocycles. The normalized spacial score (nSPS) is 16.6. The number of carbonyl (C=O) groups is 1. The summed E-state index contributed by atoms with van der Waals surface area (Å²) < 4.78 is 0. The molecule has 1 amide bonds. The number of hydrogen-bond acceptors (Lipinski definition) is 4. The van der Waals surface area contributed by atoms with Crippen LogP contribution in [0, 0.1) is 0 Å². The summed E-state index contributed by atoms with van der Waals surface area (Å²) in [6, 6.07) is 1.95. The van der Waals surface area contributed by atoms with Crippen LogP contribution in [0.25, 0.3) is 0 Å². The molecule has 0 aromatic carbocycles. The molecule has 1 saturated heterocycles. The lowest BCUT2D eigenvalue weighted by atomic mass is 10.3. The van der Waals surface area contributed by atoms with Crippen LogP contribution in [-0.2, 0) is 4.79 Å². The SMILES string of the molecule is O=CNc1cncc(N2CCCNCC2)c1. The van der Waals surface area contributed by atoms with Gasteiger partial charge < -0.3 is 15.5 Å². The lowest BCUT2D eigenvalue weighted by Gasteiger charge is -2.22. The van der Waals surface area contributed by atoms with Crippen LogP contribution in [0.15, 0.2) is 18.5 Å². The molecule has 0 saturated carbocycles. The van der Waals surface area contributed by atoms with Gasteiger partial charge >= 0.3 is 0 Å². The van der Waals surface area contributed by atoms with Crippen molar-refractivity contribution >= 4 is 17.8 Å². The summed E-state index contributed by atoms with van der Waals surface area (Å²) in [5.41, 5.74) is 1.81. The highest BCUT2D eigenvalue weighted by Crippen LogP contribution is 2.17. The van der Waals surface area contributed by atoms with Crippen LogP contribution in [0.1, 0.15) is 6.42 Å². The minimum absolute atomic E-state index is 0.671. The zero-order valence-electron chi connectivity index (χ0n) is 9.15. The highest BCUT2D eigenvalue weighted by molar-refractivity contribution is 5.72. The molecule has 2 N–H and O–H groups in total. The van der Waals surface area contributed by atoms with Gasteiger partial charge in [0.05, 0.1) is 23.8 Å². The van der Waals surface area contributed by atoms with Gasteiger partial charge in [0.1, 0.15) is 0 Å². The highest BCUT2D eigenvalue weighted by atomic mass is 16.1. The Hall–Kier alpha value is -1.62. The molecule has 2 heterocycles. The Balaban J connectivity index is 2.11. The average molecular weight is 220 g/mol. The molecular weight excluding hydrogens is 204 g/mol. The van der Waals surface area contributed by atoms with Gasteiger partial charge in [0.25, 0.3) is 0 Å². The maximum atomic E-state index is 10.4. The summed E-state index contributed by atoms with van der Waals surface area (Å²) >= 11 is 0. The Bertz CT molecular complexity index is 348. The lowest BCUT2D eigenvalue weighted by molar-refractivity contribution is -0.105. The van der Waals surface area contributed by atoms with Gasteiger partial charge in [0.2, 0.25) is 6.41 Å². The van der Waals surface area contributed by atoms with Crippen molar-refractivity contribution < 1.29 is 4.79 Å². The maximum absolute atomic E-state index is 10.4. The monoisotopic (exact) mass is 220 g/mol. The number of anilines is 2. The van der Waals surface area contributed by atoms with Crippen molar-refractivity contribution in [2.24, 2.45) is 0 Å². The second-order valence-electron chi connectivity index (χ2n) is 3.78. The van der Waals surface area contributed by atoms with E-state index in [4.69, 9.17) is 0 Å². The van der Waals surface area contributed by atoms with E-state index in [2.05, 4.69) is 20.5 Å². The minimum Gasteiger partial charge on any atom is -0.369 e. The molecule has 2 rings (SSSR count). The predicted octanol–water partition coefficient (Wildman–Crippen LogP) is 0.450. The predicted molar refractivity (Wildman–Crippen MR) is 63.6 cm³/mol. The fourth-order valence-electron chi connectivity index (χ4n) is 1.85. The van der Waals surface area contributed by atoms with Gasteiger partial charge in [-0.25, -0.2) is 0 Å². The Kier molecular flexibility index (Phi) is 3.71. The van der Waals surface area contributed by atoms with Crippen molar-refractivity contribution in [1.29, 1.82) is 0 Å². The van der Waals surface area contributed by atoms with Crippen LogP contribution in [-0.4, -0.2) is 37.6 Å². The van der Waals surface area contributed by atoms with Gasteiger partial charge in [0, 0.05) is 19.6 Å². The molecule has 1 aliphatic heterocycles. The third kappa shape index (κ3) is 2.70. The van der Waals surface area contributed by atoms with Crippen LogP contribution in [0.4, 0.5) is 11.4 Å². The van der Waals surface area contributed by atoms with E-state index in [1.807, 2.05) is 12.3 Å².